The van der Waals surface area contributed by atoms with E-state index >= 15 is 0 Å². The number of rotatable bonds is 4. The number of fused-ring (bicyclic) bond motifs is 1. The molecule has 1 aromatic heterocycles. The molecule has 0 saturated carbocycles. The van der Waals surface area contributed by atoms with Crippen molar-refractivity contribution in [3.05, 3.63) is 82.2 Å². The van der Waals surface area contributed by atoms with Crippen LogP contribution in [0.1, 0.15) is 26.3 Å². The highest BCUT2D eigenvalue weighted by Gasteiger charge is 2.25. The number of carboxylic acid groups (broad SMARTS) is 1. The largest absolute Gasteiger partial charge is 0.507 e. The lowest BCUT2D eigenvalue weighted by atomic mass is 10.0. The number of aromatic hydroxyl groups is 1. The van der Waals surface area contributed by atoms with Crippen molar-refractivity contribution < 1.29 is 28.6 Å². The van der Waals surface area contributed by atoms with Crippen LogP contribution in [0.2, 0.25) is 0 Å². The van der Waals surface area contributed by atoms with E-state index in [1.165, 1.54) is 36.6 Å². The van der Waals surface area contributed by atoms with Gasteiger partial charge in [0.1, 0.15) is 11.3 Å². The van der Waals surface area contributed by atoms with Crippen molar-refractivity contribution in [2.75, 3.05) is 5.32 Å². The van der Waals surface area contributed by atoms with Gasteiger partial charge in [-0.25, -0.2) is 13.6 Å². The van der Waals surface area contributed by atoms with E-state index in [0.717, 1.165) is 16.7 Å². The molecule has 1 heterocycles. The summed E-state index contributed by atoms with van der Waals surface area (Å²) < 4.78 is 28.5. The molecule has 0 aliphatic rings. The van der Waals surface area contributed by atoms with E-state index in [-0.39, 0.29) is 38.6 Å². The molecule has 5 nitrogen and oxygen atoms in total. The van der Waals surface area contributed by atoms with Crippen molar-refractivity contribution in [3.63, 3.8) is 0 Å². The monoisotopic (exact) mass is 439 g/mol. The first-order valence-corrected chi connectivity index (χ1v) is 9.98. The van der Waals surface area contributed by atoms with Crippen molar-refractivity contribution in [3.8, 4) is 16.2 Å². The van der Waals surface area contributed by atoms with Crippen LogP contribution < -0.4 is 5.32 Å². The topological polar surface area (TPSA) is 86.6 Å². The molecule has 0 aliphatic carbocycles. The number of phenols is 1. The second-order valence-electron chi connectivity index (χ2n) is 6.89. The zero-order valence-corrected chi connectivity index (χ0v) is 16.9. The van der Waals surface area contributed by atoms with Gasteiger partial charge in [0.25, 0.3) is 5.91 Å². The first kappa shape index (κ1) is 20.5. The van der Waals surface area contributed by atoms with E-state index in [1.807, 2.05) is 0 Å². The molecule has 0 atom stereocenters. The number of hydrogen-bond acceptors (Lipinski definition) is 4. The summed E-state index contributed by atoms with van der Waals surface area (Å²) in [6.07, 6.45) is 0. The Labute approximate surface area is 179 Å². The second-order valence-corrected chi connectivity index (χ2v) is 7.77. The van der Waals surface area contributed by atoms with Gasteiger partial charge < -0.3 is 15.5 Å². The zero-order chi connectivity index (χ0) is 22.3. The summed E-state index contributed by atoms with van der Waals surface area (Å²) in [5.41, 5.74) is -0.601. The molecule has 0 aliphatic heterocycles. The number of carboxylic acids is 1. The number of halogens is 2. The smallest absolute Gasteiger partial charge is 0.339 e. The van der Waals surface area contributed by atoms with Crippen LogP contribution in [0.25, 0.3) is 21.2 Å². The van der Waals surface area contributed by atoms with Gasteiger partial charge in [0.15, 0.2) is 11.6 Å². The van der Waals surface area contributed by atoms with Gasteiger partial charge in [0.2, 0.25) is 0 Å². The van der Waals surface area contributed by atoms with E-state index in [9.17, 15) is 28.6 Å². The van der Waals surface area contributed by atoms with E-state index in [0.29, 0.717) is 5.39 Å². The molecule has 0 spiro atoms. The van der Waals surface area contributed by atoms with Crippen LogP contribution in [0.15, 0.2) is 53.9 Å². The molecule has 1 amide bonds. The molecule has 0 bridgehead atoms. The van der Waals surface area contributed by atoms with Crippen molar-refractivity contribution >= 4 is 39.7 Å². The molecule has 0 radical (unpaired) electrons. The number of aryl methyl sites for hydroxylation is 1. The Kier molecular flexibility index (Phi) is 5.16. The molecule has 3 N–H and O–H groups in total. The normalized spacial score (nSPS) is 10.9. The summed E-state index contributed by atoms with van der Waals surface area (Å²) in [6.45, 7) is 1.40. The highest BCUT2D eigenvalue weighted by molar-refractivity contribution is 7.14. The standard InChI is InChI=1S/C23H15F2NO4S/c1-11-6-7-14(20(25)19(11)24)21-18(23(29)30)16(10-31-21)26-22(28)15-8-12-4-2-3-5-13(12)9-17(15)27/h2-10,27H,1H3,(H,26,28)(H,29,30). The lowest BCUT2D eigenvalue weighted by Crippen LogP contribution is -2.14. The highest BCUT2D eigenvalue weighted by Crippen LogP contribution is 2.39. The molecular formula is C23H15F2NO4S. The maximum Gasteiger partial charge on any atom is 0.339 e. The summed E-state index contributed by atoms with van der Waals surface area (Å²) in [6, 6.07) is 12.7. The fourth-order valence-corrected chi connectivity index (χ4v) is 4.29. The maximum atomic E-state index is 14.4. The van der Waals surface area contributed by atoms with Gasteiger partial charge in [-0.05, 0) is 35.4 Å². The first-order valence-electron chi connectivity index (χ1n) is 9.10. The van der Waals surface area contributed by atoms with E-state index in [4.69, 9.17) is 0 Å². The average Bonchev–Trinajstić information content (AvgIpc) is 3.15. The summed E-state index contributed by atoms with van der Waals surface area (Å²) in [5.74, 6) is -4.63. The second kappa shape index (κ2) is 7.81. The molecule has 31 heavy (non-hydrogen) atoms. The number of benzene rings is 3. The molecule has 0 unspecified atom stereocenters. The Hall–Kier alpha value is -3.78. The lowest BCUT2D eigenvalue weighted by Gasteiger charge is -2.10. The summed E-state index contributed by atoms with van der Waals surface area (Å²) in [5, 5.41) is 25.2. The van der Waals surface area contributed by atoms with Crippen molar-refractivity contribution in [2.45, 2.75) is 6.92 Å². The quantitative estimate of drug-likeness (QED) is 0.374. The lowest BCUT2D eigenvalue weighted by molar-refractivity contribution is 0.0699. The van der Waals surface area contributed by atoms with Crippen LogP contribution in [-0.2, 0) is 0 Å². The van der Waals surface area contributed by atoms with Gasteiger partial charge in [-0.1, -0.05) is 36.4 Å². The average molecular weight is 439 g/mol. The molecule has 4 rings (SSSR count). The Morgan fingerprint density at radius 1 is 1.00 bits per heavy atom. The molecule has 0 saturated heterocycles. The third kappa shape index (κ3) is 3.62. The van der Waals surface area contributed by atoms with Crippen molar-refractivity contribution in [1.82, 2.24) is 0 Å². The number of phenolic OH excluding ortho intramolecular Hbond substituents is 1. The van der Waals surface area contributed by atoms with Gasteiger partial charge in [-0.2, -0.15) is 0 Å². The van der Waals surface area contributed by atoms with Gasteiger partial charge in [-0.15, -0.1) is 11.3 Å². The number of nitrogens with one attached hydrogen (secondary N) is 1. The molecule has 156 valence electrons. The fraction of sp³-hybridized carbons (Fsp3) is 0.0435. The number of anilines is 1. The van der Waals surface area contributed by atoms with Crippen LogP contribution in [-0.4, -0.2) is 22.1 Å². The number of amides is 1. The molecule has 8 heteroatoms. The number of carbonyl (C=O) groups is 2. The molecule has 4 aromatic rings. The van der Waals surface area contributed by atoms with Gasteiger partial charge in [0.05, 0.1) is 16.1 Å². The van der Waals surface area contributed by atoms with Crippen LogP contribution in [0.4, 0.5) is 14.5 Å². The Balaban J connectivity index is 1.75. The summed E-state index contributed by atoms with van der Waals surface area (Å²) >= 11 is 0.866. The Morgan fingerprint density at radius 2 is 1.68 bits per heavy atom. The predicted octanol–water partition coefficient (Wildman–Crippen LogP) is 5.81. The zero-order valence-electron chi connectivity index (χ0n) is 16.1. The first-order chi connectivity index (χ1) is 14.8. The minimum atomic E-state index is -1.41. The Bertz CT molecular complexity index is 1360. The third-order valence-corrected chi connectivity index (χ3v) is 5.90. The number of thiophene rings is 1. The third-order valence-electron chi connectivity index (χ3n) is 4.88. The number of aromatic carboxylic acids is 1. The minimum Gasteiger partial charge on any atom is -0.507 e. The minimum absolute atomic E-state index is 0.0260. The van der Waals surface area contributed by atoms with E-state index in [2.05, 4.69) is 5.32 Å². The molecule has 3 aromatic carbocycles. The van der Waals surface area contributed by atoms with Crippen LogP contribution in [0, 0.1) is 18.6 Å². The van der Waals surface area contributed by atoms with E-state index < -0.39 is 23.5 Å². The maximum absolute atomic E-state index is 14.4. The van der Waals surface area contributed by atoms with Crippen LogP contribution >= 0.6 is 11.3 Å². The summed E-state index contributed by atoms with van der Waals surface area (Å²) in [4.78, 5) is 24.6. The molecular weight excluding hydrogens is 424 g/mol. The number of hydrogen-bond donors (Lipinski definition) is 3. The van der Waals surface area contributed by atoms with Crippen molar-refractivity contribution in [2.24, 2.45) is 0 Å². The summed E-state index contributed by atoms with van der Waals surface area (Å²) in [7, 11) is 0. The highest BCUT2D eigenvalue weighted by atomic mass is 32.1. The van der Waals surface area contributed by atoms with Gasteiger partial charge in [0, 0.05) is 10.9 Å². The van der Waals surface area contributed by atoms with Crippen LogP contribution in [0.3, 0.4) is 0 Å². The number of carbonyl (C=O) groups excluding carboxylic acids is 1. The SMILES string of the molecule is Cc1ccc(-c2scc(NC(=O)c3cc4ccccc4cc3O)c2C(=O)O)c(F)c1F. The fourth-order valence-electron chi connectivity index (χ4n) is 3.28. The molecule has 0 fully saturated rings. The van der Waals surface area contributed by atoms with E-state index in [1.54, 1.807) is 24.3 Å². The Morgan fingerprint density at radius 3 is 2.35 bits per heavy atom. The predicted molar refractivity (Wildman–Crippen MR) is 115 cm³/mol. The van der Waals surface area contributed by atoms with Gasteiger partial charge in [-0.3, -0.25) is 4.79 Å². The van der Waals surface area contributed by atoms with Crippen LogP contribution in [0.5, 0.6) is 5.75 Å². The van der Waals surface area contributed by atoms with Crippen molar-refractivity contribution in [1.29, 1.82) is 0 Å². The van der Waals surface area contributed by atoms with Gasteiger partial charge >= 0.3 is 5.97 Å².